The predicted octanol–water partition coefficient (Wildman–Crippen LogP) is 2.75. The van der Waals surface area contributed by atoms with E-state index in [1.54, 1.807) is 41.8 Å². The Labute approximate surface area is 188 Å². The lowest BCUT2D eigenvalue weighted by molar-refractivity contribution is 0.391. The molecular weight excluding hydrogens is 434 g/mol. The number of ether oxygens (including phenoxy) is 2. The number of aromatic nitrogens is 3. The molecule has 0 bridgehead atoms. The molecule has 0 radical (unpaired) electrons. The lowest BCUT2D eigenvalue weighted by atomic mass is 10.2. The minimum absolute atomic E-state index is 0.0289. The fraction of sp³-hybridized carbons (Fsp3) is 0.429. The van der Waals surface area contributed by atoms with Crippen LogP contribution in [0.4, 0.5) is 5.95 Å². The van der Waals surface area contributed by atoms with Crippen LogP contribution >= 0.6 is 0 Å². The maximum atomic E-state index is 13.4. The first kappa shape index (κ1) is 23.6. The van der Waals surface area contributed by atoms with Crippen molar-refractivity contribution in [3.63, 3.8) is 0 Å². The second-order valence-corrected chi connectivity index (χ2v) is 9.52. The number of furan rings is 1. The van der Waals surface area contributed by atoms with Crippen LogP contribution in [0.5, 0.6) is 11.5 Å². The maximum absolute atomic E-state index is 13.4. The first-order valence-electron chi connectivity index (χ1n) is 10.2. The Bertz CT molecular complexity index is 1150. The average Bonchev–Trinajstić information content (AvgIpc) is 3.41. The quantitative estimate of drug-likeness (QED) is 0.486. The summed E-state index contributed by atoms with van der Waals surface area (Å²) in [4.78, 5) is 0. The number of sulfonamides is 1. The third-order valence-electron chi connectivity index (χ3n) is 5.03. The van der Waals surface area contributed by atoms with Gasteiger partial charge >= 0.3 is 0 Å². The SMILES string of the molecule is CCCN(c1nnc(-c2ccc(C)o2)n1-c1c(OC)cccc1OC)S(=O)(=O)[C@@H](C)CN. The monoisotopic (exact) mass is 463 g/mol. The molecule has 32 heavy (non-hydrogen) atoms. The van der Waals surface area contributed by atoms with Crippen LogP contribution in [0, 0.1) is 6.92 Å². The van der Waals surface area contributed by atoms with E-state index in [0.717, 1.165) is 0 Å². The van der Waals surface area contributed by atoms with Gasteiger partial charge in [-0.2, -0.15) is 0 Å². The van der Waals surface area contributed by atoms with E-state index in [4.69, 9.17) is 19.6 Å². The van der Waals surface area contributed by atoms with Crippen LogP contribution in [0.2, 0.25) is 0 Å². The molecule has 1 aromatic carbocycles. The second-order valence-electron chi connectivity index (χ2n) is 7.24. The van der Waals surface area contributed by atoms with Crippen LogP contribution in [-0.4, -0.2) is 55.7 Å². The van der Waals surface area contributed by atoms with Crippen LogP contribution in [-0.2, 0) is 10.0 Å². The Morgan fingerprint density at radius 3 is 2.31 bits per heavy atom. The van der Waals surface area contributed by atoms with E-state index in [9.17, 15) is 8.42 Å². The van der Waals surface area contributed by atoms with Gasteiger partial charge in [0.05, 0.1) is 19.5 Å². The highest BCUT2D eigenvalue weighted by atomic mass is 32.2. The Kier molecular flexibility index (Phi) is 7.09. The molecule has 0 fully saturated rings. The molecule has 11 heteroatoms. The first-order valence-corrected chi connectivity index (χ1v) is 11.8. The Morgan fingerprint density at radius 2 is 1.81 bits per heavy atom. The van der Waals surface area contributed by atoms with Gasteiger partial charge in [0.1, 0.15) is 22.9 Å². The smallest absolute Gasteiger partial charge is 0.246 e. The van der Waals surface area contributed by atoms with Crippen LogP contribution in [0.15, 0.2) is 34.7 Å². The van der Waals surface area contributed by atoms with E-state index < -0.39 is 15.3 Å². The molecule has 1 atom stereocenters. The van der Waals surface area contributed by atoms with E-state index in [1.165, 1.54) is 18.5 Å². The number of methoxy groups -OCH3 is 2. The topological polar surface area (TPSA) is 126 Å². The summed E-state index contributed by atoms with van der Waals surface area (Å²) in [5.41, 5.74) is 6.16. The van der Waals surface area contributed by atoms with Gasteiger partial charge in [0.25, 0.3) is 0 Å². The van der Waals surface area contributed by atoms with Gasteiger partial charge in [0.15, 0.2) is 5.76 Å². The molecule has 0 amide bonds. The third-order valence-corrected chi connectivity index (χ3v) is 7.20. The summed E-state index contributed by atoms with van der Waals surface area (Å²) >= 11 is 0. The highest BCUT2D eigenvalue weighted by Gasteiger charge is 2.34. The Hall–Kier alpha value is -3.05. The average molecular weight is 464 g/mol. The van der Waals surface area contributed by atoms with Crippen molar-refractivity contribution in [2.45, 2.75) is 32.4 Å². The fourth-order valence-corrected chi connectivity index (χ4v) is 4.75. The Morgan fingerprint density at radius 1 is 1.16 bits per heavy atom. The van der Waals surface area contributed by atoms with Crippen molar-refractivity contribution < 1.29 is 22.3 Å². The fourth-order valence-electron chi connectivity index (χ4n) is 3.29. The van der Waals surface area contributed by atoms with Crippen LogP contribution in [0.25, 0.3) is 17.3 Å². The number of rotatable bonds is 10. The zero-order chi connectivity index (χ0) is 23.5. The van der Waals surface area contributed by atoms with Crippen molar-refractivity contribution in [2.75, 3.05) is 31.6 Å². The number of anilines is 1. The van der Waals surface area contributed by atoms with Gasteiger partial charge in [-0.25, -0.2) is 12.7 Å². The van der Waals surface area contributed by atoms with E-state index >= 15 is 0 Å². The van der Waals surface area contributed by atoms with Crippen LogP contribution < -0.4 is 19.5 Å². The summed E-state index contributed by atoms with van der Waals surface area (Å²) in [6.07, 6.45) is 0.557. The Balaban J connectivity index is 2.38. The number of hydrogen-bond donors (Lipinski definition) is 1. The molecule has 2 aromatic heterocycles. The van der Waals surface area contributed by atoms with Crippen molar-refractivity contribution in [1.29, 1.82) is 0 Å². The molecule has 0 aliphatic carbocycles. The molecule has 0 aliphatic heterocycles. The van der Waals surface area contributed by atoms with Gasteiger partial charge < -0.3 is 19.6 Å². The first-order chi connectivity index (χ1) is 15.3. The number of para-hydroxylation sites is 1. The predicted molar refractivity (Wildman–Crippen MR) is 122 cm³/mol. The number of benzene rings is 1. The van der Waals surface area contributed by atoms with E-state index in [-0.39, 0.29) is 19.0 Å². The summed E-state index contributed by atoms with van der Waals surface area (Å²) in [5, 5.41) is 7.77. The van der Waals surface area contributed by atoms with Crippen molar-refractivity contribution >= 4 is 16.0 Å². The summed E-state index contributed by atoms with van der Waals surface area (Å²) in [6.45, 7) is 5.43. The van der Waals surface area contributed by atoms with E-state index in [1.807, 2.05) is 13.8 Å². The van der Waals surface area contributed by atoms with Gasteiger partial charge in [-0.1, -0.05) is 13.0 Å². The highest BCUT2D eigenvalue weighted by Crippen LogP contribution is 2.39. The summed E-state index contributed by atoms with van der Waals surface area (Å²) in [5.74, 6) is 2.42. The number of nitrogens with zero attached hydrogens (tertiary/aromatic N) is 4. The zero-order valence-electron chi connectivity index (χ0n) is 18.9. The summed E-state index contributed by atoms with van der Waals surface area (Å²) < 4.78 is 46.5. The van der Waals surface area contributed by atoms with Crippen molar-refractivity contribution in [3.05, 3.63) is 36.1 Å². The lowest BCUT2D eigenvalue weighted by Crippen LogP contribution is -2.42. The van der Waals surface area contributed by atoms with Gasteiger partial charge in [-0.05, 0) is 44.5 Å². The molecule has 0 saturated carbocycles. The number of nitrogens with two attached hydrogens (primary N) is 1. The largest absolute Gasteiger partial charge is 0.494 e. The minimum atomic E-state index is -3.83. The number of hydrogen-bond acceptors (Lipinski definition) is 8. The molecule has 3 rings (SSSR count). The van der Waals surface area contributed by atoms with Gasteiger partial charge in [-0.15, -0.1) is 10.2 Å². The molecule has 0 spiro atoms. The number of aryl methyl sites for hydroxylation is 1. The molecule has 0 aliphatic rings. The maximum Gasteiger partial charge on any atom is 0.246 e. The molecular formula is C21H29N5O5S. The van der Waals surface area contributed by atoms with Gasteiger partial charge in [0.2, 0.25) is 21.8 Å². The molecule has 174 valence electrons. The van der Waals surface area contributed by atoms with Crippen LogP contribution in [0.1, 0.15) is 26.0 Å². The molecule has 0 unspecified atom stereocenters. The standard InChI is InChI=1S/C21H29N5O5S/c1-6-12-25(32(27,28)15(3)13-22)21-24-23-20(18-11-10-14(2)31-18)26(21)19-16(29-4)8-7-9-17(19)30-5/h7-11,15H,6,12-13,22H2,1-5H3/t15-/m0/s1. The second kappa shape index (κ2) is 9.61. The molecule has 3 aromatic rings. The molecule has 2 N–H and O–H groups in total. The minimum Gasteiger partial charge on any atom is -0.494 e. The molecule has 10 nitrogen and oxygen atoms in total. The van der Waals surface area contributed by atoms with Crippen molar-refractivity contribution in [1.82, 2.24) is 14.8 Å². The zero-order valence-corrected chi connectivity index (χ0v) is 19.7. The summed E-state index contributed by atoms with van der Waals surface area (Å²) in [7, 11) is -0.779. The third kappa shape index (κ3) is 4.17. The molecule has 0 saturated heterocycles. The van der Waals surface area contributed by atoms with E-state index in [0.29, 0.717) is 41.0 Å². The molecule has 2 heterocycles. The summed E-state index contributed by atoms with van der Waals surface area (Å²) in [6, 6.07) is 8.83. The van der Waals surface area contributed by atoms with Crippen molar-refractivity contribution in [3.8, 4) is 28.8 Å². The van der Waals surface area contributed by atoms with E-state index in [2.05, 4.69) is 10.2 Å². The van der Waals surface area contributed by atoms with Crippen LogP contribution in [0.3, 0.4) is 0 Å². The normalized spacial score (nSPS) is 12.6. The highest BCUT2D eigenvalue weighted by molar-refractivity contribution is 7.93. The van der Waals surface area contributed by atoms with Gasteiger partial charge in [-0.3, -0.25) is 4.57 Å². The lowest BCUT2D eigenvalue weighted by Gasteiger charge is -2.27. The van der Waals surface area contributed by atoms with Gasteiger partial charge in [0, 0.05) is 13.1 Å². The van der Waals surface area contributed by atoms with Crippen molar-refractivity contribution in [2.24, 2.45) is 5.73 Å².